The Morgan fingerprint density at radius 3 is 3.14 bits per heavy atom. The lowest BCUT2D eigenvalue weighted by atomic mass is 9.86. The zero-order valence-electron chi connectivity index (χ0n) is 12.1. The van der Waals surface area contributed by atoms with Crippen LogP contribution in [0.1, 0.15) is 35.1 Å². The van der Waals surface area contributed by atoms with E-state index >= 15 is 0 Å². The molecule has 2 N–H and O–H groups in total. The SMILES string of the molecule is O=C1COc2cc(NCc3cnc(C4CCC4)s3)ccc2N1. The van der Waals surface area contributed by atoms with Gasteiger partial charge in [-0.2, -0.15) is 0 Å². The summed E-state index contributed by atoms with van der Waals surface area (Å²) in [5, 5.41) is 7.46. The smallest absolute Gasteiger partial charge is 0.262 e. The zero-order valence-corrected chi connectivity index (χ0v) is 12.9. The molecular weight excluding hydrogens is 298 g/mol. The highest BCUT2D eigenvalue weighted by Crippen LogP contribution is 2.38. The molecule has 0 unspecified atom stereocenters. The fourth-order valence-electron chi connectivity index (χ4n) is 2.62. The van der Waals surface area contributed by atoms with E-state index in [9.17, 15) is 4.79 Å². The first-order valence-corrected chi connectivity index (χ1v) is 8.35. The van der Waals surface area contributed by atoms with Crippen LogP contribution in [0.4, 0.5) is 11.4 Å². The topological polar surface area (TPSA) is 63.2 Å². The van der Waals surface area contributed by atoms with Crippen molar-refractivity contribution in [1.82, 2.24) is 4.98 Å². The van der Waals surface area contributed by atoms with Gasteiger partial charge in [-0.3, -0.25) is 4.79 Å². The number of hydrogen-bond acceptors (Lipinski definition) is 5. The molecule has 1 aromatic carbocycles. The molecule has 0 bridgehead atoms. The minimum atomic E-state index is -0.110. The first kappa shape index (κ1) is 13.6. The summed E-state index contributed by atoms with van der Waals surface area (Å²) in [6, 6.07) is 5.73. The van der Waals surface area contributed by atoms with Crippen LogP contribution in [0.3, 0.4) is 0 Å². The molecule has 1 aromatic heterocycles. The largest absolute Gasteiger partial charge is 0.482 e. The summed E-state index contributed by atoms with van der Waals surface area (Å²) in [5.41, 5.74) is 1.71. The van der Waals surface area contributed by atoms with E-state index in [0.29, 0.717) is 11.7 Å². The normalized spacial score (nSPS) is 17.2. The van der Waals surface area contributed by atoms with Crippen LogP contribution in [0.5, 0.6) is 5.75 Å². The van der Waals surface area contributed by atoms with Crippen molar-refractivity contribution in [2.24, 2.45) is 0 Å². The van der Waals surface area contributed by atoms with Gasteiger partial charge in [0.1, 0.15) is 5.75 Å². The van der Waals surface area contributed by atoms with E-state index in [-0.39, 0.29) is 12.5 Å². The minimum Gasteiger partial charge on any atom is -0.482 e. The Hall–Kier alpha value is -2.08. The van der Waals surface area contributed by atoms with E-state index in [2.05, 4.69) is 15.6 Å². The van der Waals surface area contributed by atoms with E-state index in [0.717, 1.165) is 17.9 Å². The molecule has 4 rings (SSSR count). The van der Waals surface area contributed by atoms with Gasteiger partial charge in [-0.05, 0) is 25.0 Å². The lowest BCUT2D eigenvalue weighted by Gasteiger charge is -2.22. The van der Waals surface area contributed by atoms with Crippen molar-refractivity contribution < 1.29 is 9.53 Å². The highest BCUT2D eigenvalue weighted by atomic mass is 32.1. The molecule has 0 atom stereocenters. The summed E-state index contributed by atoms with van der Waals surface area (Å²) in [7, 11) is 0. The third kappa shape index (κ3) is 2.66. The maximum atomic E-state index is 11.3. The van der Waals surface area contributed by atoms with Crippen LogP contribution in [0, 0.1) is 0 Å². The highest BCUT2D eigenvalue weighted by molar-refractivity contribution is 7.11. The number of carbonyl (C=O) groups excluding carboxylic acids is 1. The van der Waals surface area contributed by atoms with E-state index in [1.54, 1.807) is 11.3 Å². The van der Waals surface area contributed by atoms with Crippen molar-refractivity contribution >= 4 is 28.6 Å². The average molecular weight is 315 g/mol. The molecule has 0 radical (unpaired) electrons. The summed E-state index contributed by atoms with van der Waals surface area (Å²) in [4.78, 5) is 17.0. The highest BCUT2D eigenvalue weighted by Gasteiger charge is 2.22. The number of ether oxygens (including phenoxy) is 1. The summed E-state index contributed by atoms with van der Waals surface area (Å²) >= 11 is 1.80. The molecule has 0 spiro atoms. The molecule has 2 heterocycles. The maximum Gasteiger partial charge on any atom is 0.262 e. The molecule has 22 heavy (non-hydrogen) atoms. The van der Waals surface area contributed by atoms with Crippen molar-refractivity contribution in [3.05, 3.63) is 34.3 Å². The van der Waals surface area contributed by atoms with Crippen LogP contribution < -0.4 is 15.4 Å². The van der Waals surface area contributed by atoms with Gasteiger partial charge in [-0.25, -0.2) is 4.98 Å². The molecule has 6 heteroatoms. The van der Waals surface area contributed by atoms with Crippen LogP contribution in [-0.4, -0.2) is 17.5 Å². The van der Waals surface area contributed by atoms with E-state index in [4.69, 9.17) is 4.74 Å². The number of carbonyl (C=O) groups is 1. The second-order valence-electron chi connectivity index (χ2n) is 5.69. The number of nitrogens with one attached hydrogen (secondary N) is 2. The first-order valence-electron chi connectivity index (χ1n) is 7.53. The molecule has 1 amide bonds. The molecule has 1 saturated carbocycles. The van der Waals surface area contributed by atoms with Gasteiger partial charge >= 0.3 is 0 Å². The number of nitrogens with zero attached hydrogens (tertiary/aromatic N) is 1. The molecule has 2 aromatic rings. The monoisotopic (exact) mass is 315 g/mol. The zero-order chi connectivity index (χ0) is 14.9. The molecule has 2 aliphatic rings. The standard InChI is InChI=1S/C16H17N3O2S/c20-15-9-21-14-6-11(4-5-13(14)19-15)17-7-12-8-18-16(22-12)10-2-1-3-10/h4-6,8,10,17H,1-3,7,9H2,(H,19,20). The molecule has 1 fully saturated rings. The summed E-state index contributed by atoms with van der Waals surface area (Å²) in [5.74, 6) is 1.30. The van der Waals surface area contributed by atoms with Gasteiger partial charge in [0.05, 0.1) is 17.2 Å². The number of thiazole rings is 1. The number of fused-ring (bicyclic) bond motifs is 1. The number of benzene rings is 1. The van der Waals surface area contributed by atoms with E-state index in [1.165, 1.54) is 29.1 Å². The molecule has 1 aliphatic carbocycles. The number of anilines is 2. The van der Waals surface area contributed by atoms with Crippen LogP contribution in [0.25, 0.3) is 0 Å². The number of rotatable bonds is 4. The number of hydrogen-bond donors (Lipinski definition) is 2. The van der Waals surface area contributed by atoms with Crippen LogP contribution in [0.15, 0.2) is 24.4 Å². The third-order valence-electron chi connectivity index (χ3n) is 4.11. The van der Waals surface area contributed by atoms with Crippen molar-refractivity contribution in [3.63, 3.8) is 0 Å². The Bertz CT molecular complexity index is 709. The summed E-state index contributed by atoms with van der Waals surface area (Å²) in [6.45, 7) is 0.839. The van der Waals surface area contributed by atoms with Crippen molar-refractivity contribution in [2.75, 3.05) is 17.2 Å². The van der Waals surface area contributed by atoms with Crippen LogP contribution in [0.2, 0.25) is 0 Å². The van der Waals surface area contributed by atoms with Gasteiger partial charge < -0.3 is 15.4 Å². The molecule has 1 aliphatic heterocycles. The number of amides is 1. The lowest BCUT2D eigenvalue weighted by molar-refractivity contribution is -0.118. The van der Waals surface area contributed by atoms with Gasteiger partial charge in [0.15, 0.2) is 6.61 Å². The third-order valence-corrected chi connectivity index (χ3v) is 5.27. The Morgan fingerprint density at radius 2 is 2.32 bits per heavy atom. The predicted molar refractivity (Wildman–Crippen MR) is 86.6 cm³/mol. The Labute approximate surface area is 132 Å². The van der Waals surface area contributed by atoms with Gasteiger partial charge in [0.2, 0.25) is 0 Å². The second kappa shape index (κ2) is 5.61. The average Bonchev–Trinajstić information content (AvgIpc) is 2.91. The van der Waals surface area contributed by atoms with Crippen molar-refractivity contribution in [3.8, 4) is 5.75 Å². The Morgan fingerprint density at radius 1 is 1.41 bits per heavy atom. The van der Waals surface area contributed by atoms with Crippen LogP contribution in [-0.2, 0) is 11.3 Å². The molecule has 5 nitrogen and oxygen atoms in total. The lowest BCUT2D eigenvalue weighted by Crippen LogP contribution is -2.25. The summed E-state index contributed by atoms with van der Waals surface area (Å²) < 4.78 is 5.42. The van der Waals surface area contributed by atoms with Gasteiger partial charge in [-0.15, -0.1) is 11.3 Å². The summed E-state index contributed by atoms with van der Waals surface area (Å²) in [6.07, 6.45) is 5.88. The maximum absolute atomic E-state index is 11.3. The Balaban J connectivity index is 1.41. The van der Waals surface area contributed by atoms with Gasteiger partial charge in [-0.1, -0.05) is 6.42 Å². The fourth-order valence-corrected chi connectivity index (χ4v) is 3.65. The fraction of sp³-hybridized carbons (Fsp3) is 0.375. The molecular formula is C16H17N3O2S. The van der Waals surface area contributed by atoms with E-state index < -0.39 is 0 Å². The second-order valence-corrected chi connectivity index (χ2v) is 6.84. The first-order chi connectivity index (χ1) is 10.8. The Kier molecular flexibility index (Phi) is 3.46. The molecule has 0 saturated heterocycles. The minimum absolute atomic E-state index is 0.0794. The van der Waals surface area contributed by atoms with Crippen LogP contribution >= 0.6 is 11.3 Å². The van der Waals surface area contributed by atoms with Gasteiger partial charge in [0, 0.05) is 28.7 Å². The predicted octanol–water partition coefficient (Wildman–Crippen LogP) is 3.35. The molecule has 114 valence electrons. The van der Waals surface area contributed by atoms with Crippen molar-refractivity contribution in [2.45, 2.75) is 31.7 Å². The van der Waals surface area contributed by atoms with Gasteiger partial charge in [0.25, 0.3) is 5.91 Å². The van der Waals surface area contributed by atoms with E-state index in [1.807, 2.05) is 24.4 Å². The quantitative estimate of drug-likeness (QED) is 0.908. The number of aromatic nitrogens is 1. The van der Waals surface area contributed by atoms with Crippen molar-refractivity contribution in [1.29, 1.82) is 0 Å².